The molecule has 7 nitrogen and oxygen atoms in total. The number of carbonyl (C=O) groups is 2. The van der Waals surface area contributed by atoms with Crippen LogP contribution < -0.4 is 5.32 Å². The highest BCUT2D eigenvalue weighted by molar-refractivity contribution is 5.89. The van der Waals surface area contributed by atoms with E-state index >= 15 is 0 Å². The van der Waals surface area contributed by atoms with Crippen LogP contribution in [0.1, 0.15) is 19.3 Å². The monoisotopic (exact) mass is 400 g/mol. The Labute approximate surface area is 173 Å². The molecule has 1 atom stereocenters. The Morgan fingerprint density at radius 3 is 2.45 bits per heavy atom. The molecule has 0 radical (unpaired) electrons. The van der Waals surface area contributed by atoms with Crippen LogP contribution >= 0.6 is 0 Å². The maximum atomic E-state index is 13.3. The standard InChI is InChI=1S/C22H32N4O3/c1-24-11-10-22(19(24)27)17-25(14-15-29-2)16-21(22)8-12-26(13-9-21)20(28)23-18-6-4-3-5-7-18/h3-7H,8-17H2,1-2H3,(H,23,28). The van der Waals surface area contributed by atoms with Crippen molar-refractivity contribution in [3.05, 3.63) is 30.3 Å². The van der Waals surface area contributed by atoms with Crippen molar-refractivity contribution < 1.29 is 14.3 Å². The summed E-state index contributed by atoms with van der Waals surface area (Å²) in [7, 11) is 3.64. The van der Waals surface area contributed by atoms with E-state index in [0.29, 0.717) is 25.6 Å². The second kappa shape index (κ2) is 7.95. The van der Waals surface area contributed by atoms with Gasteiger partial charge in [-0.25, -0.2) is 4.79 Å². The van der Waals surface area contributed by atoms with Crippen LogP contribution in [-0.2, 0) is 9.53 Å². The lowest BCUT2D eigenvalue weighted by molar-refractivity contribution is -0.141. The molecular formula is C22H32N4O3. The van der Waals surface area contributed by atoms with E-state index in [2.05, 4.69) is 10.2 Å². The molecule has 1 aromatic rings. The fraction of sp³-hybridized carbons (Fsp3) is 0.636. The van der Waals surface area contributed by atoms with Gasteiger partial charge in [0.15, 0.2) is 0 Å². The van der Waals surface area contributed by atoms with Gasteiger partial charge in [0.2, 0.25) is 5.91 Å². The summed E-state index contributed by atoms with van der Waals surface area (Å²) in [6.07, 6.45) is 2.67. The van der Waals surface area contributed by atoms with Gasteiger partial charge in [0, 0.05) is 64.5 Å². The third-order valence-electron chi connectivity index (χ3n) is 7.31. The molecule has 1 aromatic carbocycles. The van der Waals surface area contributed by atoms with Crippen molar-refractivity contribution in [1.82, 2.24) is 14.7 Å². The van der Waals surface area contributed by atoms with Gasteiger partial charge in [-0.3, -0.25) is 9.69 Å². The first-order chi connectivity index (χ1) is 14.0. The topological polar surface area (TPSA) is 65.1 Å². The largest absolute Gasteiger partial charge is 0.383 e. The fourth-order valence-electron chi connectivity index (χ4n) is 5.63. The summed E-state index contributed by atoms with van der Waals surface area (Å²) in [6.45, 7) is 5.48. The first-order valence-corrected chi connectivity index (χ1v) is 10.6. The van der Waals surface area contributed by atoms with Gasteiger partial charge < -0.3 is 19.9 Å². The molecular weight excluding hydrogens is 368 g/mol. The Bertz CT molecular complexity index is 748. The number of fused-ring (bicyclic) bond motifs is 1. The average molecular weight is 401 g/mol. The number of benzene rings is 1. The predicted molar refractivity (Wildman–Crippen MR) is 112 cm³/mol. The molecule has 0 aromatic heterocycles. The number of rotatable bonds is 4. The molecule has 3 fully saturated rings. The van der Waals surface area contributed by atoms with E-state index in [-0.39, 0.29) is 16.9 Å². The van der Waals surface area contributed by atoms with Gasteiger partial charge in [-0.05, 0) is 31.4 Å². The average Bonchev–Trinajstić information content (AvgIpc) is 3.20. The van der Waals surface area contributed by atoms with E-state index < -0.39 is 0 Å². The molecule has 3 amide bonds. The molecule has 1 N–H and O–H groups in total. The van der Waals surface area contributed by atoms with Crippen LogP contribution in [0.2, 0.25) is 0 Å². The highest BCUT2D eigenvalue weighted by Crippen LogP contribution is 2.57. The maximum Gasteiger partial charge on any atom is 0.321 e. The van der Waals surface area contributed by atoms with Crippen molar-refractivity contribution in [3.63, 3.8) is 0 Å². The number of hydrogen-bond donors (Lipinski definition) is 1. The SMILES string of the molecule is COCCN1CC2(CCN(C(=O)Nc3ccccc3)CC2)C2(CCN(C)C2=O)C1. The summed E-state index contributed by atoms with van der Waals surface area (Å²) < 4.78 is 5.29. The van der Waals surface area contributed by atoms with Gasteiger partial charge in [-0.15, -0.1) is 0 Å². The molecule has 3 saturated heterocycles. The lowest BCUT2D eigenvalue weighted by Gasteiger charge is -2.46. The lowest BCUT2D eigenvalue weighted by atomic mass is 9.60. The molecule has 0 saturated carbocycles. The molecule has 0 bridgehead atoms. The zero-order valence-corrected chi connectivity index (χ0v) is 17.5. The van der Waals surface area contributed by atoms with Crippen molar-refractivity contribution in [2.75, 3.05) is 65.3 Å². The van der Waals surface area contributed by atoms with Crippen LogP contribution in [0.3, 0.4) is 0 Å². The van der Waals surface area contributed by atoms with Crippen LogP contribution in [0, 0.1) is 10.8 Å². The van der Waals surface area contributed by atoms with Crippen molar-refractivity contribution in [2.45, 2.75) is 19.3 Å². The van der Waals surface area contributed by atoms with Gasteiger partial charge in [-0.2, -0.15) is 0 Å². The molecule has 0 aliphatic carbocycles. The zero-order chi connectivity index (χ0) is 20.5. The number of ether oxygens (including phenoxy) is 1. The predicted octanol–water partition coefficient (Wildman–Crippen LogP) is 2.11. The van der Waals surface area contributed by atoms with Crippen molar-refractivity contribution in [1.29, 1.82) is 0 Å². The number of piperidine rings is 1. The van der Waals surface area contributed by atoms with Crippen molar-refractivity contribution in [3.8, 4) is 0 Å². The molecule has 1 unspecified atom stereocenters. The minimum Gasteiger partial charge on any atom is -0.383 e. The molecule has 2 spiro atoms. The van der Waals surface area contributed by atoms with Gasteiger partial charge in [0.25, 0.3) is 0 Å². The van der Waals surface area contributed by atoms with Crippen LogP contribution in [0.4, 0.5) is 10.5 Å². The van der Waals surface area contributed by atoms with Gasteiger partial charge >= 0.3 is 6.03 Å². The maximum absolute atomic E-state index is 13.3. The smallest absolute Gasteiger partial charge is 0.321 e. The molecule has 3 aliphatic heterocycles. The van der Waals surface area contributed by atoms with Gasteiger partial charge in [0.05, 0.1) is 12.0 Å². The number of methoxy groups -OCH3 is 1. The summed E-state index contributed by atoms with van der Waals surface area (Å²) in [6, 6.07) is 9.51. The zero-order valence-electron chi connectivity index (χ0n) is 17.5. The van der Waals surface area contributed by atoms with Crippen LogP contribution in [0.25, 0.3) is 0 Å². The Balaban J connectivity index is 1.47. The molecule has 3 aliphatic rings. The molecule has 7 heteroatoms. The Hall–Kier alpha value is -2.12. The number of urea groups is 1. The highest BCUT2D eigenvalue weighted by atomic mass is 16.5. The number of hydrogen-bond acceptors (Lipinski definition) is 4. The normalized spacial score (nSPS) is 26.6. The first-order valence-electron chi connectivity index (χ1n) is 10.6. The van der Waals surface area contributed by atoms with E-state index in [1.54, 1.807) is 7.11 Å². The van der Waals surface area contributed by atoms with E-state index in [1.165, 1.54) is 0 Å². The third kappa shape index (κ3) is 3.51. The quantitative estimate of drug-likeness (QED) is 0.841. The van der Waals surface area contributed by atoms with E-state index in [1.807, 2.05) is 47.2 Å². The lowest BCUT2D eigenvalue weighted by Crippen LogP contribution is -2.54. The van der Waals surface area contributed by atoms with Crippen molar-refractivity contribution in [2.24, 2.45) is 10.8 Å². The second-order valence-corrected chi connectivity index (χ2v) is 8.83. The Morgan fingerprint density at radius 2 is 1.83 bits per heavy atom. The Morgan fingerprint density at radius 1 is 1.10 bits per heavy atom. The molecule has 29 heavy (non-hydrogen) atoms. The van der Waals surface area contributed by atoms with Crippen LogP contribution in [-0.4, -0.2) is 86.7 Å². The molecule has 3 heterocycles. The minimum absolute atomic E-state index is 0.0495. The van der Waals surface area contributed by atoms with Gasteiger partial charge in [-0.1, -0.05) is 18.2 Å². The number of para-hydroxylation sites is 1. The number of nitrogens with one attached hydrogen (secondary N) is 1. The number of likely N-dealkylation sites (tertiary alicyclic amines) is 3. The van der Waals surface area contributed by atoms with Crippen LogP contribution in [0.15, 0.2) is 30.3 Å². The number of carbonyl (C=O) groups excluding carboxylic acids is 2. The number of anilines is 1. The summed E-state index contributed by atoms with van der Waals surface area (Å²) in [5.41, 5.74) is 0.456. The summed E-state index contributed by atoms with van der Waals surface area (Å²) in [5.74, 6) is 0.291. The minimum atomic E-state index is -0.308. The Kier molecular flexibility index (Phi) is 5.53. The summed E-state index contributed by atoms with van der Waals surface area (Å²) in [5, 5.41) is 2.99. The van der Waals surface area contributed by atoms with Crippen LogP contribution in [0.5, 0.6) is 0 Å². The first kappa shape index (κ1) is 20.2. The van der Waals surface area contributed by atoms with E-state index in [4.69, 9.17) is 4.74 Å². The third-order valence-corrected chi connectivity index (χ3v) is 7.31. The van der Waals surface area contributed by atoms with Crippen molar-refractivity contribution >= 4 is 17.6 Å². The fourth-order valence-corrected chi connectivity index (χ4v) is 5.63. The van der Waals surface area contributed by atoms with E-state index in [0.717, 1.165) is 51.1 Å². The summed E-state index contributed by atoms with van der Waals surface area (Å²) in [4.78, 5) is 32.2. The second-order valence-electron chi connectivity index (χ2n) is 8.83. The molecule has 158 valence electrons. The number of amides is 3. The summed E-state index contributed by atoms with van der Waals surface area (Å²) >= 11 is 0. The van der Waals surface area contributed by atoms with Gasteiger partial charge in [0.1, 0.15) is 0 Å². The molecule has 4 rings (SSSR count). The van der Waals surface area contributed by atoms with E-state index in [9.17, 15) is 9.59 Å². The highest BCUT2D eigenvalue weighted by Gasteiger charge is 2.64. The number of nitrogens with zero attached hydrogens (tertiary/aromatic N) is 3.